The lowest BCUT2D eigenvalue weighted by Gasteiger charge is -2.21. The highest BCUT2D eigenvalue weighted by molar-refractivity contribution is 6.31. The van der Waals surface area contributed by atoms with E-state index >= 15 is 0 Å². The molecule has 1 heterocycles. The van der Waals surface area contributed by atoms with E-state index in [1.54, 1.807) is 0 Å². The maximum absolute atomic E-state index is 5.75. The molecule has 0 atom stereocenters. The summed E-state index contributed by atoms with van der Waals surface area (Å²) in [6, 6.07) is 0. The first-order valence-corrected chi connectivity index (χ1v) is 3.62. The van der Waals surface area contributed by atoms with Crippen LogP contribution in [0.4, 0.5) is 0 Å². The van der Waals surface area contributed by atoms with E-state index in [2.05, 4.69) is 13.5 Å². The molecule has 0 saturated heterocycles. The lowest BCUT2D eigenvalue weighted by atomic mass is 10.3. The second kappa shape index (κ2) is 2.93. The average molecular weight is 156 g/mol. The molecular weight excluding hydrogens is 146 g/mol. The molecule has 54 valence electrons. The third kappa shape index (κ3) is 1.42. The minimum absolute atomic E-state index is 0.759. The Morgan fingerprint density at radius 3 is 2.80 bits per heavy atom. The summed E-state index contributed by atoms with van der Waals surface area (Å²) in [5, 5.41) is 0.759. The third-order valence-corrected chi connectivity index (χ3v) is 1.65. The van der Waals surface area contributed by atoms with E-state index in [4.69, 9.17) is 11.6 Å². The van der Waals surface area contributed by atoms with Crippen LogP contribution in [0.15, 0.2) is 35.7 Å². The van der Waals surface area contributed by atoms with Crippen LogP contribution in [0.2, 0.25) is 0 Å². The largest absolute Gasteiger partial charge is 0.347 e. The molecule has 0 amide bonds. The van der Waals surface area contributed by atoms with E-state index in [9.17, 15) is 0 Å². The number of nitrogens with zero attached hydrogens (tertiary/aromatic N) is 1. The zero-order valence-electron chi connectivity index (χ0n) is 5.97. The van der Waals surface area contributed by atoms with Crippen molar-refractivity contribution in [2.75, 3.05) is 6.54 Å². The van der Waals surface area contributed by atoms with Crippen molar-refractivity contribution in [3.63, 3.8) is 0 Å². The average Bonchev–Trinajstić information content (AvgIpc) is 1.94. The van der Waals surface area contributed by atoms with Gasteiger partial charge in [0.25, 0.3) is 0 Å². The number of hydrogen-bond donors (Lipinski definition) is 0. The third-order valence-electron chi connectivity index (χ3n) is 1.42. The zero-order chi connectivity index (χ0) is 7.56. The summed E-state index contributed by atoms with van der Waals surface area (Å²) < 4.78 is 0. The van der Waals surface area contributed by atoms with Crippen molar-refractivity contribution in [1.82, 2.24) is 4.90 Å². The fourth-order valence-corrected chi connectivity index (χ4v) is 1.02. The fraction of sp³-hybridized carbons (Fsp3) is 0.250. The van der Waals surface area contributed by atoms with Crippen molar-refractivity contribution in [2.24, 2.45) is 0 Å². The van der Waals surface area contributed by atoms with Crippen LogP contribution >= 0.6 is 11.6 Å². The monoisotopic (exact) mass is 155 g/mol. The summed E-state index contributed by atoms with van der Waals surface area (Å²) in [4.78, 5) is 2.00. The van der Waals surface area contributed by atoms with Crippen LogP contribution in [0.3, 0.4) is 0 Å². The van der Waals surface area contributed by atoms with Crippen molar-refractivity contribution in [2.45, 2.75) is 6.92 Å². The van der Waals surface area contributed by atoms with Crippen LogP contribution in [0, 0.1) is 0 Å². The summed E-state index contributed by atoms with van der Waals surface area (Å²) in [6.07, 6.45) is 5.63. The van der Waals surface area contributed by atoms with Crippen molar-refractivity contribution in [3.05, 3.63) is 35.7 Å². The Balaban J connectivity index is 2.76. The Bertz CT molecular complexity index is 203. The standard InChI is InChI=1S/C8H10ClN/c1-3-10-6-8(9)5-4-7(10)2/h4-6H,2-3H2,1H3. The smallest absolute Gasteiger partial charge is 0.0568 e. The summed E-state index contributed by atoms with van der Waals surface area (Å²) in [5.74, 6) is 0. The number of rotatable bonds is 1. The van der Waals surface area contributed by atoms with Gasteiger partial charge in [-0.1, -0.05) is 18.2 Å². The Morgan fingerprint density at radius 1 is 1.60 bits per heavy atom. The highest BCUT2D eigenvalue weighted by Crippen LogP contribution is 2.16. The predicted molar refractivity (Wildman–Crippen MR) is 44.6 cm³/mol. The molecule has 0 fully saturated rings. The fourth-order valence-electron chi connectivity index (χ4n) is 0.841. The van der Waals surface area contributed by atoms with E-state index in [-0.39, 0.29) is 0 Å². The number of allylic oxidation sites excluding steroid dienone is 3. The second-order valence-corrected chi connectivity index (χ2v) is 2.56. The molecule has 0 aromatic heterocycles. The van der Waals surface area contributed by atoms with Crippen molar-refractivity contribution in [3.8, 4) is 0 Å². The van der Waals surface area contributed by atoms with Crippen LogP contribution in [0.25, 0.3) is 0 Å². The van der Waals surface area contributed by atoms with Crippen LogP contribution in [0.5, 0.6) is 0 Å². The lowest BCUT2D eigenvalue weighted by molar-refractivity contribution is 0.504. The molecule has 1 aliphatic rings. The molecule has 0 N–H and O–H groups in total. The normalized spacial score (nSPS) is 17.6. The minimum atomic E-state index is 0.759. The quantitative estimate of drug-likeness (QED) is 0.563. The first-order valence-electron chi connectivity index (χ1n) is 3.25. The number of hydrogen-bond acceptors (Lipinski definition) is 1. The van der Waals surface area contributed by atoms with E-state index in [1.165, 1.54) is 0 Å². The molecule has 1 rings (SSSR count). The van der Waals surface area contributed by atoms with E-state index < -0.39 is 0 Å². The molecule has 2 heteroatoms. The minimum Gasteiger partial charge on any atom is -0.347 e. The van der Waals surface area contributed by atoms with Crippen LogP contribution in [0.1, 0.15) is 6.92 Å². The van der Waals surface area contributed by atoms with Gasteiger partial charge in [0.05, 0.1) is 5.03 Å². The summed E-state index contributed by atoms with van der Waals surface area (Å²) in [7, 11) is 0. The van der Waals surface area contributed by atoms with Crippen molar-refractivity contribution in [1.29, 1.82) is 0 Å². The molecule has 0 unspecified atom stereocenters. The van der Waals surface area contributed by atoms with Crippen molar-refractivity contribution >= 4 is 11.6 Å². The molecule has 1 nitrogen and oxygen atoms in total. The van der Waals surface area contributed by atoms with E-state index in [0.29, 0.717) is 0 Å². The van der Waals surface area contributed by atoms with E-state index in [0.717, 1.165) is 17.3 Å². The van der Waals surface area contributed by atoms with Gasteiger partial charge >= 0.3 is 0 Å². The van der Waals surface area contributed by atoms with Gasteiger partial charge in [0, 0.05) is 18.4 Å². The van der Waals surface area contributed by atoms with Gasteiger partial charge in [0.15, 0.2) is 0 Å². The number of halogens is 1. The first-order chi connectivity index (χ1) is 4.74. The second-order valence-electron chi connectivity index (χ2n) is 2.12. The molecule has 0 aromatic rings. The van der Waals surface area contributed by atoms with Gasteiger partial charge in [-0.25, -0.2) is 0 Å². The Hall–Kier alpha value is -0.690. The van der Waals surface area contributed by atoms with E-state index in [1.807, 2.05) is 23.3 Å². The highest BCUT2D eigenvalue weighted by Gasteiger charge is 2.03. The molecule has 0 radical (unpaired) electrons. The molecule has 0 spiro atoms. The summed E-state index contributed by atoms with van der Waals surface area (Å²) >= 11 is 5.75. The van der Waals surface area contributed by atoms with Gasteiger partial charge < -0.3 is 4.90 Å². The van der Waals surface area contributed by atoms with Gasteiger partial charge in [-0.2, -0.15) is 0 Å². The summed E-state index contributed by atoms with van der Waals surface area (Å²) in [6.45, 7) is 6.81. The highest BCUT2D eigenvalue weighted by atomic mass is 35.5. The Kier molecular flexibility index (Phi) is 2.17. The molecule has 0 aromatic carbocycles. The first kappa shape index (κ1) is 7.42. The molecule has 0 aliphatic carbocycles. The van der Waals surface area contributed by atoms with Crippen LogP contribution in [-0.2, 0) is 0 Å². The van der Waals surface area contributed by atoms with Crippen molar-refractivity contribution < 1.29 is 0 Å². The van der Waals surface area contributed by atoms with Gasteiger partial charge in [-0.15, -0.1) is 0 Å². The van der Waals surface area contributed by atoms with Gasteiger partial charge in [0.2, 0.25) is 0 Å². The maximum atomic E-state index is 5.75. The predicted octanol–water partition coefficient (Wildman–Crippen LogP) is 2.47. The lowest BCUT2D eigenvalue weighted by Crippen LogP contribution is -2.15. The molecule has 0 saturated carbocycles. The SMILES string of the molecule is C=C1C=CC(Cl)=CN1CC. The molecular formula is C8H10ClN. The van der Waals surface area contributed by atoms with Gasteiger partial charge in [-0.05, 0) is 19.1 Å². The van der Waals surface area contributed by atoms with Crippen LogP contribution < -0.4 is 0 Å². The zero-order valence-corrected chi connectivity index (χ0v) is 6.73. The maximum Gasteiger partial charge on any atom is 0.0568 e. The molecule has 10 heavy (non-hydrogen) atoms. The summed E-state index contributed by atoms with van der Waals surface area (Å²) in [5.41, 5.74) is 0.993. The topological polar surface area (TPSA) is 3.24 Å². The molecule has 0 bridgehead atoms. The van der Waals surface area contributed by atoms with Gasteiger partial charge in [-0.3, -0.25) is 0 Å². The molecule has 1 aliphatic heterocycles. The Morgan fingerprint density at radius 2 is 2.30 bits per heavy atom. The number of likely N-dealkylation sites (N-methyl/N-ethyl adjacent to an activating group) is 1. The Labute approximate surface area is 66.3 Å². The van der Waals surface area contributed by atoms with Gasteiger partial charge in [0.1, 0.15) is 0 Å². The van der Waals surface area contributed by atoms with Crippen LogP contribution in [-0.4, -0.2) is 11.4 Å².